The zero-order chi connectivity index (χ0) is 18.8. The van der Waals surface area contributed by atoms with Crippen LogP contribution in [0.4, 0.5) is 5.69 Å². The maximum absolute atomic E-state index is 12.6. The molecule has 0 radical (unpaired) electrons. The van der Waals surface area contributed by atoms with Gasteiger partial charge in [0.15, 0.2) is 0 Å². The fourth-order valence-corrected chi connectivity index (χ4v) is 3.13. The second-order valence-corrected chi connectivity index (χ2v) is 6.39. The molecular weight excluding hydrogens is 346 g/mol. The highest BCUT2D eigenvalue weighted by atomic mass is 16.5. The molecule has 1 amide bonds. The second-order valence-electron chi connectivity index (χ2n) is 6.39. The number of amides is 1. The van der Waals surface area contributed by atoms with Crippen molar-refractivity contribution in [2.45, 2.75) is 6.42 Å². The van der Waals surface area contributed by atoms with Crippen molar-refractivity contribution in [2.75, 3.05) is 19.0 Å². The quantitative estimate of drug-likeness (QED) is 0.618. The zero-order valence-corrected chi connectivity index (χ0v) is 14.7. The number of carbonyl (C=O) groups excluding carboxylic acids is 1. The third-order valence-corrected chi connectivity index (χ3v) is 4.63. The average molecular weight is 365 g/mol. The lowest BCUT2D eigenvalue weighted by atomic mass is 9.95. The molecule has 0 bridgehead atoms. The molecule has 27 heavy (non-hydrogen) atoms. The third kappa shape index (κ3) is 3.44. The number of aromatic hydroxyl groups is 1. The molecule has 0 spiro atoms. The van der Waals surface area contributed by atoms with E-state index in [-0.39, 0.29) is 17.6 Å². The van der Waals surface area contributed by atoms with Crippen LogP contribution in [0.2, 0.25) is 0 Å². The van der Waals surface area contributed by atoms with Crippen LogP contribution < -0.4 is 14.8 Å². The molecule has 138 valence electrons. The van der Waals surface area contributed by atoms with Gasteiger partial charge in [-0.15, -0.1) is 0 Å². The van der Waals surface area contributed by atoms with E-state index in [1.54, 1.807) is 31.6 Å². The summed E-state index contributed by atoms with van der Waals surface area (Å²) < 4.78 is 10.9. The van der Waals surface area contributed by atoms with Crippen LogP contribution in [0.25, 0.3) is 11.1 Å². The van der Waals surface area contributed by atoms with Gasteiger partial charge in [-0.2, -0.15) is 5.10 Å². The largest absolute Gasteiger partial charge is 0.506 e. The van der Waals surface area contributed by atoms with Crippen LogP contribution in [-0.4, -0.2) is 34.9 Å². The Morgan fingerprint density at radius 2 is 2.19 bits per heavy atom. The maximum Gasteiger partial charge on any atom is 0.231 e. The Kier molecular flexibility index (Phi) is 4.42. The van der Waals surface area contributed by atoms with Gasteiger partial charge in [-0.05, 0) is 47.9 Å². The molecule has 2 heterocycles. The Morgan fingerprint density at radius 3 is 2.93 bits per heavy atom. The molecule has 0 fully saturated rings. The maximum atomic E-state index is 12.6. The van der Waals surface area contributed by atoms with Crippen molar-refractivity contribution >= 4 is 11.6 Å². The molecule has 1 aliphatic heterocycles. The van der Waals surface area contributed by atoms with Gasteiger partial charge in [0.1, 0.15) is 23.9 Å². The van der Waals surface area contributed by atoms with Gasteiger partial charge < -0.3 is 19.9 Å². The van der Waals surface area contributed by atoms with Crippen molar-refractivity contribution in [3.63, 3.8) is 0 Å². The highest BCUT2D eigenvalue weighted by Crippen LogP contribution is 2.33. The van der Waals surface area contributed by atoms with Gasteiger partial charge in [-0.3, -0.25) is 9.89 Å². The van der Waals surface area contributed by atoms with E-state index in [0.717, 1.165) is 28.2 Å². The molecule has 7 nitrogen and oxygen atoms in total. The summed E-state index contributed by atoms with van der Waals surface area (Å²) in [5.41, 5.74) is 2.96. The van der Waals surface area contributed by atoms with Crippen LogP contribution in [0.5, 0.6) is 17.2 Å². The Morgan fingerprint density at radius 1 is 1.30 bits per heavy atom. The van der Waals surface area contributed by atoms with Gasteiger partial charge >= 0.3 is 0 Å². The van der Waals surface area contributed by atoms with E-state index in [0.29, 0.717) is 18.7 Å². The number of carbonyl (C=O) groups is 1. The van der Waals surface area contributed by atoms with Crippen molar-refractivity contribution in [2.24, 2.45) is 5.92 Å². The molecule has 1 aromatic heterocycles. The van der Waals surface area contributed by atoms with Crippen molar-refractivity contribution in [3.8, 4) is 28.4 Å². The lowest BCUT2D eigenvalue weighted by molar-refractivity contribution is -0.121. The number of H-pyrrole nitrogens is 1. The average Bonchev–Trinajstić information content (AvgIpc) is 3.23. The number of anilines is 1. The first kappa shape index (κ1) is 17.0. The Hall–Kier alpha value is -3.48. The molecular formula is C20H19N3O4. The lowest BCUT2D eigenvalue weighted by Crippen LogP contribution is -2.32. The minimum absolute atomic E-state index is 0.000784. The minimum atomic E-state index is -0.349. The van der Waals surface area contributed by atoms with Crippen molar-refractivity contribution in [1.82, 2.24) is 10.2 Å². The SMILES string of the molecule is COc1ccc2c(c1)CC(C(=O)Nc1ccc(-c3cn[nH]c3)cc1O)CO2. The standard InChI is InChI=1S/C20H19N3O4/c1-26-16-3-5-19-13(7-16)6-14(11-27-19)20(25)23-17-4-2-12(8-18(17)24)15-9-21-22-10-15/h2-5,7-10,14,24H,6,11H2,1H3,(H,21,22)(H,23,25). The number of phenolic OH excluding ortho intramolecular Hbond substituents is 1. The van der Waals surface area contributed by atoms with Crippen molar-refractivity contribution in [3.05, 3.63) is 54.4 Å². The molecule has 0 saturated heterocycles. The lowest BCUT2D eigenvalue weighted by Gasteiger charge is -2.25. The van der Waals surface area contributed by atoms with E-state index in [9.17, 15) is 9.90 Å². The van der Waals surface area contributed by atoms with Crippen LogP contribution in [0, 0.1) is 5.92 Å². The minimum Gasteiger partial charge on any atom is -0.506 e. The first-order valence-electron chi connectivity index (χ1n) is 8.57. The highest BCUT2D eigenvalue weighted by Gasteiger charge is 2.27. The number of methoxy groups -OCH3 is 1. The normalized spacial score (nSPS) is 15.5. The third-order valence-electron chi connectivity index (χ3n) is 4.63. The topological polar surface area (TPSA) is 96.5 Å². The molecule has 0 saturated carbocycles. The fraction of sp³-hybridized carbons (Fsp3) is 0.200. The molecule has 3 aromatic rings. The van der Waals surface area contributed by atoms with E-state index < -0.39 is 0 Å². The molecule has 1 unspecified atom stereocenters. The Labute approximate surface area is 155 Å². The smallest absolute Gasteiger partial charge is 0.231 e. The summed E-state index contributed by atoms with van der Waals surface area (Å²) in [6.45, 7) is 0.291. The zero-order valence-electron chi connectivity index (χ0n) is 14.7. The number of phenols is 1. The number of aromatic nitrogens is 2. The summed E-state index contributed by atoms with van der Waals surface area (Å²) in [7, 11) is 1.60. The van der Waals surface area contributed by atoms with Crippen molar-refractivity contribution in [1.29, 1.82) is 0 Å². The number of hydrogen-bond acceptors (Lipinski definition) is 5. The molecule has 7 heteroatoms. The van der Waals surface area contributed by atoms with Gasteiger partial charge in [0.2, 0.25) is 5.91 Å². The van der Waals surface area contributed by atoms with Crippen LogP contribution in [-0.2, 0) is 11.2 Å². The van der Waals surface area contributed by atoms with Gasteiger partial charge in [0, 0.05) is 11.8 Å². The molecule has 1 aliphatic rings. The Balaban J connectivity index is 1.48. The number of nitrogens with zero attached hydrogens (tertiary/aromatic N) is 1. The number of hydrogen-bond donors (Lipinski definition) is 3. The molecule has 3 N–H and O–H groups in total. The van der Waals surface area contributed by atoms with E-state index in [4.69, 9.17) is 9.47 Å². The van der Waals surface area contributed by atoms with Crippen LogP contribution in [0.15, 0.2) is 48.8 Å². The predicted molar refractivity (Wildman–Crippen MR) is 100 cm³/mol. The second kappa shape index (κ2) is 7.03. The number of rotatable bonds is 4. The molecule has 1 atom stereocenters. The number of fused-ring (bicyclic) bond motifs is 1. The van der Waals surface area contributed by atoms with E-state index in [2.05, 4.69) is 15.5 Å². The van der Waals surface area contributed by atoms with E-state index in [1.165, 1.54) is 0 Å². The number of nitrogens with one attached hydrogen (secondary N) is 2. The number of ether oxygens (including phenoxy) is 2. The monoisotopic (exact) mass is 365 g/mol. The summed E-state index contributed by atoms with van der Waals surface area (Å²) >= 11 is 0. The first-order valence-corrected chi connectivity index (χ1v) is 8.57. The van der Waals surface area contributed by atoms with Crippen LogP contribution >= 0.6 is 0 Å². The van der Waals surface area contributed by atoms with Gasteiger partial charge in [-0.1, -0.05) is 6.07 Å². The fourth-order valence-electron chi connectivity index (χ4n) is 3.13. The highest BCUT2D eigenvalue weighted by molar-refractivity contribution is 5.94. The van der Waals surface area contributed by atoms with Crippen LogP contribution in [0.1, 0.15) is 5.56 Å². The molecule has 0 aliphatic carbocycles. The van der Waals surface area contributed by atoms with Gasteiger partial charge in [0.25, 0.3) is 0 Å². The van der Waals surface area contributed by atoms with Crippen LogP contribution in [0.3, 0.4) is 0 Å². The van der Waals surface area contributed by atoms with E-state index in [1.807, 2.05) is 24.3 Å². The Bertz CT molecular complexity index is 969. The summed E-state index contributed by atoms with van der Waals surface area (Å²) in [5.74, 6) is 0.950. The summed E-state index contributed by atoms with van der Waals surface area (Å²) in [5, 5.41) is 19.7. The summed E-state index contributed by atoms with van der Waals surface area (Å²) in [6, 6.07) is 10.7. The number of aromatic amines is 1. The number of benzene rings is 2. The van der Waals surface area contributed by atoms with Crippen molar-refractivity contribution < 1.29 is 19.4 Å². The molecule has 4 rings (SSSR count). The van der Waals surface area contributed by atoms with E-state index >= 15 is 0 Å². The van der Waals surface area contributed by atoms with Gasteiger partial charge in [-0.25, -0.2) is 0 Å². The molecule has 2 aromatic carbocycles. The van der Waals surface area contributed by atoms with Gasteiger partial charge in [0.05, 0.1) is 24.9 Å². The predicted octanol–water partition coefficient (Wildman–Crippen LogP) is 2.98. The summed E-state index contributed by atoms with van der Waals surface area (Å²) in [6.07, 6.45) is 3.95. The first-order chi connectivity index (χ1) is 13.1. The summed E-state index contributed by atoms with van der Waals surface area (Å²) in [4.78, 5) is 12.6.